The summed E-state index contributed by atoms with van der Waals surface area (Å²) in [6.45, 7) is 6.28. The Balaban J connectivity index is 1.39. The van der Waals surface area contributed by atoms with Gasteiger partial charge in [0.1, 0.15) is 11.9 Å². The van der Waals surface area contributed by atoms with Crippen molar-refractivity contribution in [3.8, 4) is 0 Å². The van der Waals surface area contributed by atoms with Gasteiger partial charge in [0.25, 0.3) is 0 Å². The fourth-order valence-corrected chi connectivity index (χ4v) is 5.04. The number of nitrogens with zero attached hydrogens (tertiary/aromatic N) is 3. The van der Waals surface area contributed by atoms with Crippen LogP contribution in [0.2, 0.25) is 5.02 Å². The fourth-order valence-electron chi connectivity index (χ4n) is 4.92. The molecule has 3 N–H and O–H groups in total. The minimum atomic E-state index is -0.584. The van der Waals surface area contributed by atoms with Crippen LogP contribution in [0.3, 0.4) is 0 Å². The Labute approximate surface area is 204 Å². The standard InChI is InChI=1S/C25H30ClN5O3/c1-15-11-17(3-4-20(15)26)14-30-9-7-19(8-10-30)31-21(5-6-23(31)32)25(34)29-22-13-18(24(27)33)12-16(2)28-22/h3-4,11-13,19,21H,5-10,14H2,1-2H3,(H2,27,33)(H,28,29,34)/t21-/m1/s1. The Morgan fingerprint density at radius 1 is 1.15 bits per heavy atom. The lowest BCUT2D eigenvalue weighted by atomic mass is 10.0. The van der Waals surface area contributed by atoms with Crippen LogP contribution in [0, 0.1) is 13.8 Å². The molecule has 0 aliphatic carbocycles. The number of nitrogens with two attached hydrogens (primary N) is 1. The number of benzene rings is 1. The van der Waals surface area contributed by atoms with E-state index in [2.05, 4.69) is 27.3 Å². The van der Waals surface area contributed by atoms with E-state index >= 15 is 0 Å². The van der Waals surface area contributed by atoms with Gasteiger partial charge in [-0.15, -0.1) is 0 Å². The van der Waals surface area contributed by atoms with Gasteiger partial charge in [-0.1, -0.05) is 23.7 Å². The smallest absolute Gasteiger partial charge is 0.248 e. The number of primary amides is 1. The zero-order chi connectivity index (χ0) is 24.4. The highest BCUT2D eigenvalue weighted by Crippen LogP contribution is 2.29. The maximum atomic E-state index is 13.1. The van der Waals surface area contributed by atoms with E-state index in [-0.39, 0.29) is 29.2 Å². The van der Waals surface area contributed by atoms with Crippen LogP contribution in [0.15, 0.2) is 30.3 Å². The molecule has 34 heavy (non-hydrogen) atoms. The van der Waals surface area contributed by atoms with Crippen LogP contribution in [-0.4, -0.2) is 57.7 Å². The molecular formula is C25H30ClN5O3. The molecule has 3 amide bonds. The molecule has 2 aliphatic heterocycles. The number of hydrogen-bond acceptors (Lipinski definition) is 5. The number of pyridine rings is 1. The first-order valence-electron chi connectivity index (χ1n) is 11.6. The summed E-state index contributed by atoms with van der Waals surface area (Å²) in [6.07, 6.45) is 2.47. The van der Waals surface area contributed by atoms with Gasteiger partial charge in [0, 0.05) is 48.4 Å². The molecule has 4 rings (SSSR count). The molecule has 2 aromatic rings. The normalized spacial score (nSPS) is 19.4. The number of amides is 3. The molecule has 0 spiro atoms. The van der Waals surface area contributed by atoms with Crippen molar-refractivity contribution in [3.63, 3.8) is 0 Å². The van der Waals surface area contributed by atoms with Gasteiger partial charge in [0.2, 0.25) is 17.7 Å². The molecule has 9 heteroatoms. The Hall–Kier alpha value is -2.97. The van der Waals surface area contributed by atoms with E-state index in [1.54, 1.807) is 17.9 Å². The molecule has 0 bridgehead atoms. The first-order chi connectivity index (χ1) is 16.2. The first kappa shape index (κ1) is 24.2. The number of halogens is 1. The summed E-state index contributed by atoms with van der Waals surface area (Å²) in [5, 5.41) is 3.56. The van der Waals surface area contributed by atoms with E-state index in [1.807, 2.05) is 13.0 Å². The maximum absolute atomic E-state index is 13.1. The molecular weight excluding hydrogens is 454 g/mol. The summed E-state index contributed by atoms with van der Waals surface area (Å²) in [5.41, 5.74) is 8.52. The molecule has 180 valence electrons. The van der Waals surface area contributed by atoms with E-state index in [0.717, 1.165) is 43.1 Å². The average molecular weight is 484 g/mol. The summed E-state index contributed by atoms with van der Waals surface area (Å²) in [7, 11) is 0. The van der Waals surface area contributed by atoms with Crippen LogP contribution in [0.4, 0.5) is 5.82 Å². The molecule has 8 nitrogen and oxygen atoms in total. The number of carbonyl (C=O) groups is 3. The van der Waals surface area contributed by atoms with E-state index in [4.69, 9.17) is 17.3 Å². The van der Waals surface area contributed by atoms with Gasteiger partial charge in [-0.05, 0) is 62.4 Å². The van der Waals surface area contributed by atoms with Crippen molar-refractivity contribution in [2.24, 2.45) is 5.73 Å². The molecule has 1 atom stereocenters. The minimum Gasteiger partial charge on any atom is -0.366 e. The zero-order valence-corrected chi connectivity index (χ0v) is 20.3. The van der Waals surface area contributed by atoms with Crippen molar-refractivity contribution in [1.82, 2.24) is 14.8 Å². The largest absolute Gasteiger partial charge is 0.366 e. The Bertz CT molecular complexity index is 1110. The third-order valence-corrected chi connectivity index (χ3v) is 7.05. The number of anilines is 1. The first-order valence-corrected chi connectivity index (χ1v) is 12.0. The summed E-state index contributed by atoms with van der Waals surface area (Å²) < 4.78 is 0. The Morgan fingerprint density at radius 2 is 1.88 bits per heavy atom. The SMILES string of the molecule is Cc1cc(C(N)=O)cc(NC(=O)[C@H]2CCC(=O)N2C2CCN(Cc3ccc(Cl)c(C)c3)CC2)n1. The van der Waals surface area contributed by atoms with E-state index < -0.39 is 11.9 Å². The van der Waals surface area contributed by atoms with Crippen molar-refractivity contribution in [2.75, 3.05) is 18.4 Å². The number of piperidine rings is 1. The minimum absolute atomic E-state index is 0.0157. The third kappa shape index (κ3) is 5.39. The predicted octanol–water partition coefficient (Wildman–Crippen LogP) is 3.04. The van der Waals surface area contributed by atoms with Crippen LogP contribution in [-0.2, 0) is 16.1 Å². The predicted molar refractivity (Wildman–Crippen MR) is 130 cm³/mol. The van der Waals surface area contributed by atoms with Gasteiger partial charge in [0.05, 0.1) is 0 Å². The number of hydrogen-bond donors (Lipinski definition) is 2. The van der Waals surface area contributed by atoms with E-state index in [1.165, 1.54) is 11.6 Å². The van der Waals surface area contributed by atoms with Gasteiger partial charge in [0.15, 0.2) is 0 Å². The second-order valence-electron chi connectivity index (χ2n) is 9.18. The van der Waals surface area contributed by atoms with Crippen LogP contribution in [0.5, 0.6) is 0 Å². The molecule has 0 radical (unpaired) electrons. The second-order valence-corrected chi connectivity index (χ2v) is 9.59. The number of likely N-dealkylation sites (tertiary alicyclic amines) is 2. The molecule has 2 saturated heterocycles. The van der Waals surface area contributed by atoms with Gasteiger partial charge in [-0.3, -0.25) is 19.3 Å². The Kier molecular flexibility index (Phi) is 7.19. The fraction of sp³-hybridized carbons (Fsp3) is 0.440. The third-order valence-electron chi connectivity index (χ3n) is 6.63. The molecule has 1 aromatic heterocycles. The number of carbonyl (C=O) groups excluding carboxylic acids is 3. The molecule has 0 unspecified atom stereocenters. The molecule has 2 fully saturated rings. The summed E-state index contributed by atoms with van der Waals surface area (Å²) in [5.74, 6) is -0.578. The Morgan fingerprint density at radius 3 is 2.56 bits per heavy atom. The molecule has 1 aromatic carbocycles. The van der Waals surface area contributed by atoms with Crippen LogP contribution in [0.25, 0.3) is 0 Å². The van der Waals surface area contributed by atoms with Crippen LogP contribution in [0.1, 0.15) is 52.9 Å². The number of aromatic nitrogens is 1. The second kappa shape index (κ2) is 10.1. The van der Waals surface area contributed by atoms with Crippen LogP contribution >= 0.6 is 11.6 Å². The summed E-state index contributed by atoms with van der Waals surface area (Å²) >= 11 is 6.14. The number of aryl methyl sites for hydroxylation is 2. The van der Waals surface area contributed by atoms with E-state index in [0.29, 0.717) is 18.5 Å². The van der Waals surface area contributed by atoms with E-state index in [9.17, 15) is 14.4 Å². The summed E-state index contributed by atoms with van der Waals surface area (Å²) in [6, 6.07) is 8.62. The highest BCUT2D eigenvalue weighted by atomic mass is 35.5. The zero-order valence-electron chi connectivity index (χ0n) is 19.5. The van der Waals surface area contributed by atoms with Gasteiger partial charge in [-0.2, -0.15) is 0 Å². The van der Waals surface area contributed by atoms with Crippen molar-refractivity contribution in [1.29, 1.82) is 0 Å². The van der Waals surface area contributed by atoms with Crippen molar-refractivity contribution in [2.45, 2.75) is 58.2 Å². The lowest BCUT2D eigenvalue weighted by molar-refractivity contribution is -0.136. The van der Waals surface area contributed by atoms with Gasteiger partial charge in [-0.25, -0.2) is 4.98 Å². The molecule has 0 saturated carbocycles. The number of rotatable bonds is 6. The lowest BCUT2D eigenvalue weighted by Crippen LogP contribution is -2.51. The molecule has 3 heterocycles. The van der Waals surface area contributed by atoms with Crippen LogP contribution < -0.4 is 11.1 Å². The monoisotopic (exact) mass is 483 g/mol. The average Bonchev–Trinajstić information content (AvgIpc) is 3.18. The topological polar surface area (TPSA) is 109 Å². The molecule has 2 aliphatic rings. The highest BCUT2D eigenvalue weighted by molar-refractivity contribution is 6.31. The van der Waals surface area contributed by atoms with Crippen molar-refractivity contribution < 1.29 is 14.4 Å². The van der Waals surface area contributed by atoms with Crippen molar-refractivity contribution in [3.05, 3.63) is 57.7 Å². The van der Waals surface area contributed by atoms with Gasteiger partial charge >= 0.3 is 0 Å². The number of nitrogens with one attached hydrogen (secondary N) is 1. The highest BCUT2D eigenvalue weighted by Gasteiger charge is 2.41. The maximum Gasteiger partial charge on any atom is 0.248 e. The quantitative estimate of drug-likeness (QED) is 0.656. The van der Waals surface area contributed by atoms with Gasteiger partial charge < -0.3 is 16.0 Å². The van der Waals surface area contributed by atoms with Crippen molar-refractivity contribution >= 4 is 35.1 Å². The summed E-state index contributed by atoms with van der Waals surface area (Å²) in [4.78, 5) is 45.8. The lowest BCUT2D eigenvalue weighted by Gasteiger charge is -2.39.